The fraction of sp³-hybridized carbons (Fsp3) is 0.692. The molecule has 1 fully saturated rings. The van der Waals surface area contributed by atoms with Crippen LogP contribution in [0.3, 0.4) is 0 Å². The molecule has 0 aliphatic heterocycles. The van der Waals surface area contributed by atoms with E-state index in [1.165, 1.54) is 0 Å². The molecule has 100 valence electrons. The van der Waals surface area contributed by atoms with Crippen LogP contribution in [0.15, 0.2) is 6.20 Å². The average Bonchev–Trinajstić information content (AvgIpc) is 3.13. The molecule has 0 bridgehead atoms. The number of aliphatic hydroxyl groups is 1. The van der Waals surface area contributed by atoms with E-state index in [0.29, 0.717) is 17.5 Å². The van der Waals surface area contributed by atoms with E-state index < -0.39 is 0 Å². The number of aromatic nitrogens is 2. The average molecular weight is 251 g/mol. The molecule has 2 N–H and O–H groups in total. The second kappa shape index (κ2) is 5.52. The predicted molar refractivity (Wildman–Crippen MR) is 68.6 cm³/mol. The van der Waals surface area contributed by atoms with Gasteiger partial charge in [0.1, 0.15) is 0 Å². The molecule has 1 aromatic rings. The Bertz CT molecular complexity index is 424. The van der Waals surface area contributed by atoms with E-state index in [1.54, 1.807) is 6.20 Å². The third-order valence-corrected chi connectivity index (χ3v) is 3.45. The molecule has 1 unspecified atom stereocenters. The second-order valence-electron chi connectivity index (χ2n) is 4.90. The molecule has 2 rings (SSSR count). The largest absolute Gasteiger partial charge is 0.395 e. The molecule has 1 atom stereocenters. The van der Waals surface area contributed by atoms with Crippen molar-refractivity contribution in [3.8, 4) is 0 Å². The molecular formula is C13H21N3O2. The van der Waals surface area contributed by atoms with Gasteiger partial charge >= 0.3 is 0 Å². The summed E-state index contributed by atoms with van der Waals surface area (Å²) < 4.78 is 1.99. The normalized spacial score (nSPS) is 16.6. The molecule has 1 amide bonds. The third-order valence-electron chi connectivity index (χ3n) is 3.45. The monoisotopic (exact) mass is 251 g/mol. The molecule has 0 aromatic carbocycles. The minimum absolute atomic E-state index is 0.0377. The van der Waals surface area contributed by atoms with Gasteiger partial charge in [0.2, 0.25) is 0 Å². The Kier molecular flexibility index (Phi) is 4.01. The number of nitrogens with zero attached hydrogens (tertiary/aromatic N) is 2. The summed E-state index contributed by atoms with van der Waals surface area (Å²) in [5.74, 6) is 0.358. The van der Waals surface area contributed by atoms with Crippen LogP contribution in [0.1, 0.15) is 61.1 Å². The van der Waals surface area contributed by atoms with Gasteiger partial charge < -0.3 is 10.4 Å². The van der Waals surface area contributed by atoms with Crippen LogP contribution in [-0.2, 0) is 0 Å². The Balaban J connectivity index is 2.24. The molecule has 5 heteroatoms. The van der Waals surface area contributed by atoms with Crippen molar-refractivity contribution in [1.82, 2.24) is 15.1 Å². The molecule has 18 heavy (non-hydrogen) atoms. The van der Waals surface area contributed by atoms with Crippen molar-refractivity contribution in [2.24, 2.45) is 0 Å². The van der Waals surface area contributed by atoms with Crippen molar-refractivity contribution in [3.05, 3.63) is 17.5 Å². The maximum Gasteiger partial charge on any atom is 0.254 e. The molecular weight excluding hydrogens is 230 g/mol. The maximum absolute atomic E-state index is 12.0. The van der Waals surface area contributed by atoms with Crippen LogP contribution in [0.4, 0.5) is 0 Å². The zero-order chi connectivity index (χ0) is 13.1. The summed E-state index contributed by atoms with van der Waals surface area (Å²) in [4.78, 5) is 12.0. The van der Waals surface area contributed by atoms with Gasteiger partial charge in [-0.3, -0.25) is 9.48 Å². The number of hydrogen-bond donors (Lipinski definition) is 2. The summed E-state index contributed by atoms with van der Waals surface area (Å²) in [6.07, 6.45) is 4.94. The Labute approximate surface area is 107 Å². The highest BCUT2D eigenvalue weighted by molar-refractivity contribution is 5.95. The zero-order valence-corrected chi connectivity index (χ0v) is 11.0. The zero-order valence-electron chi connectivity index (χ0n) is 11.0. The lowest BCUT2D eigenvalue weighted by molar-refractivity contribution is 0.0943. The van der Waals surface area contributed by atoms with E-state index >= 15 is 0 Å². The Morgan fingerprint density at radius 2 is 2.39 bits per heavy atom. The summed E-state index contributed by atoms with van der Waals surface area (Å²) in [6, 6.07) is 0.319. The van der Waals surface area contributed by atoms with Gasteiger partial charge in [-0.1, -0.05) is 6.92 Å². The molecule has 1 saturated carbocycles. The first-order valence-corrected chi connectivity index (χ1v) is 6.65. The lowest BCUT2D eigenvalue weighted by Crippen LogP contribution is -2.27. The summed E-state index contributed by atoms with van der Waals surface area (Å²) in [7, 11) is 0. The number of amides is 1. The summed E-state index contributed by atoms with van der Waals surface area (Å²) in [5.41, 5.74) is 1.74. The fourth-order valence-electron chi connectivity index (χ4n) is 2.10. The summed E-state index contributed by atoms with van der Waals surface area (Å²) >= 11 is 0. The SMILES string of the molecule is CCC(C)n1ncc(C(=O)NCCO)c1C1CC1. The standard InChI is InChI=1S/C13H21N3O2/c1-3-9(2)16-12(10-4-5-10)11(8-15-16)13(18)14-6-7-17/h8-10,17H,3-7H2,1-2H3,(H,14,18). The van der Waals surface area contributed by atoms with Gasteiger partial charge in [-0.05, 0) is 26.2 Å². The van der Waals surface area contributed by atoms with Crippen molar-refractivity contribution < 1.29 is 9.90 Å². The van der Waals surface area contributed by atoms with E-state index in [1.807, 2.05) is 4.68 Å². The topological polar surface area (TPSA) is 67.2 Å². The van der Waals surface area contributed by atoms with Gasteiger partial charge in [-0.2, -0.15) is 5.10 Å². The highest BCUT2D eigenvalue weighted by Crippen LogP contribution is 2.42. The number of carbonyl (C=O) groups is 1. The van der Waals surface area contributed by atoms with Gasteiger partial charge in [-0.25, -0.2) is 0 Å². The van der Waals surface area contributed by atoms with Crippen LogP contribution in [0.5, 0.6) is 0 Å². The van der Waals surface area contributed by atoms with Crippen LogP contribution in [0, 0.1) is 0 Å². The Hall–Kier alpha value is -1.36. The lowest BCUT2D eigenvalue weighted by Gasteiger charge is -2.14. The van der Waals surface area contributed by atoms with Crippen LogP contribution in [0.2, 0.25) is 0 Å². The minimum Gasteiger partial charge on any atom is -0.395 e. The van der Waals surface area contributed by atoms with Crippen molar-refractivity contribution >= 4 is 5.91 Å². The van der Waals surface area contributed by atoms with E-state index in [9.17, 15) is 4.79 Å². The highest BCUT2D eigenvalue weighted by atomic mass is 16.3. The number of hydrogen-bond acceptors (Lipinski definition) is 3. The third kappa shape index (κ3) is 2.56. The fourth-order valence-corrected chi connectivity index (χ4v) is 2.10. The molecule has 1 aliphatic rings. The summed E-state index contributed by atoms with van der Waals surface area (Å²) in [5, 5.41) is 15.8. The van der Waals surface area contributed by atoms with E-state index in [4.69, 9.17) is 5.11 Å². The molecule has 5 nitrogen and oxygen atoms in total. The molecule has 0 radical (unpaired) electrons. The second-order valence-corrected chi connectivity index (χ2v) is 4.90. The minimum atomic E-state index is -0.125. The van der Waals surface area contributed by atoms with Crippen molar-refractivity contribution in [2.75, 3.05) is 13.2 Å². The number of carbonyl (C=O) groups excluding carboxylic acids is 1. The molecule has 1 aromatic heterocycles. The van der Waals surface area contributed by atoms with Crippen molar-refractivity contribution in [3.63, 3.8) is 0 Å². The van der Waals surface area contributed by atoms with E-state index in [0.717, 1.165) is 25.0 Å². The number of nitrogens with one attached hydrogen (secondary N) is 1. The van der Waals surface area contributed by atoms with Gasteiger partial charge in [0, 0.05) is 18.5 Å². The first-order valence-electron chi connectivity index (χ1n) is 6.65. The van der Waals surface area contributed by atoms with E-state index in [-0.39, 0.29) is 19.1 Å². The van der Waals surface area contributed by atoms with Crippen LogP contribution >= 0.6 is 0 Å². The molecule has 1 aliphatic carbocycles. The van der Waals surface area contributed by atoms with Gasteiger partial charge in [0.25, 0.3) is 5.91 Å². The molecule has 1 heterocycles. The number of rotatable bonds is 6. The quantitative estimate of drug-likeness (QED) is 0.804. The smallest absolute Gasteiger partial charge is 0.254 e. The predicted octanol–water partition coefficient (Wildman–Crippen LogP) is 1.45. The van der Waals surface area contributed by atoms with E-state index in [2.05, 4.69) is 24.3 Å². The van der Waals surface area contributed by atoms with Crippen LogP contribution < -0.4 is 5.32 Å². The summed E-state index contributed by atoms with van der Waals surface area (Å²) in [6.45, 7) is 4.49. The van der Waals surface area contributed by atoms with Crippen LogP contribution in [0.25, 0.3) is 0 Å². The maximum atomic E-state index is 12.0. The first-order chi connectivity index (χ1) is 8.69. The highest BCUT2D eigenvalue weighted by Gasteiger charge is 2.33. The van der Waals surface area contributed by atoms with Crippen molar-refractivity contribution in [2.45, 2.75) is 45.1 Å². The van der Waals surface area contributed by atoms with Gasteiger partial charge in [-0.15, -0.1) is 0 Å². The Morgan fingerprint density at radius 1 is 1.67 bits per heavy atom. The molecule has 0 spiro atoms. The van der Waals surface area contributed by atoms with Crippen molar-refractivity contribution in [1.29, 1.82) is 0 Å². The van der Waals surface area contributed by atoms with Gasteiger partial charge in [0.15, 0.2) is 0 Å². The molecule has 0 saturated heterocycles. The van der Waals surface area contributed by atoms with Crippen LogP contribution in [-0.4, -0.2) is 33.9 Å². The number of aliphatic hydroxyl groups excluding tert-OH is 1. The lowest BCUT2D eigenvalue weighted by atomic mass is 10.1. The Morgan fingerprint density at radius 3 is 2.94 bits per heavy atom. The first kappa shape index (κ1) is 13.1. The van der Waals surface area contributed by atoms with Gasteiger partial charge in [0.05, 0.1) is 24.1 Å².